The lowest BCUT2D eigenvalue weighted by atomic mass is 10.2. The van der Waals surface area contributed by atoms with Crippen LogP contribution in [0.2, 0.25) is 0 Å². The fraction of sp³-hybridized carbons (Fsp3) is 0.538. The van der Waals surface area contributed by atoms with Crippen LogP contribution in [0.5, 0.6) is 0 Å². The molecule has 3 heteroatoms. The summed E-state index contributed by atoms with van der Waals surface area (Å²) in [5.74, 6) is 1.80. The number of pyridine rings is 1. The maximum absolute atomic E-state index is 8.87. The zero-order valence-electron chi connectivity index (χ0n) is 9.69. The summed E-state index contributed by atoms with van der Waals surface area (Å²) in [6.45, 7) is 4.29. The summed E-state index contributed by atoms with van der Waals surface area (Å²) in [4.78, 5) is 6.67. The maximum Gasteiger partial charge on any atom is 0.129 e. The Bertz CT molecular complexity index is 390. The van der Waals surface area contributed by atoms with Gasteiger partial charge in [0.25, 0.3) is 0 Å². The van der Waals surface area contributed by atoms with Gasteiger partial charge in [-0.05, 0) is 37.3 Å². The van der Waals surface area contributed by atoms with Gasteiger partial charge in [0.2, 0.25) is 0 Å². The SMILES string of the molecule is CCCN(CC1CC1)c1cc(C#N)ccn1. The molecular formula is C13H17N3. The predicted molar refractivity (Wildman–Crippen MR) is 64.2 cm³/mol. The monoisotopic (exact) mass is 215 g/mol. The molecule has 0 atom stereocenters. The van der Waals surface area contributed by atoms with Crippen molar-refractivity contribution in [3.05, 3.63) is 23.9 Å². The largest absolute Gasteiger partial charge is 0.356 e. The van der Waals surface area contributed by atoms with Crippen molar-refractivity contribution in [1.29, 1.82) is 5.26 Å². The van der Waals surface area contributed by atoms with E-state index in [0.29, 0.717) is 5.56 Å². The molecule has 1 aromatic heterocycles. The molecular weight excluding hydrogens is 198 g/mol. The van der Waals surface area contributed by atoms with E-state index in [4.69, 9.17) is 5.26 Å². The molecule has 1 saturated carbocycles. The first-order chi connectivity index (χ1) is 7.83. The molecule has 0 amide bonds. The van der Waals surface area contributed by atoms with Crippen molar-refractivity contribution in [1.82, 2.24) is 4.98 Å². The van der Waals surface area contributed by atoms with E-state index in [1.807, 2.05) is 6.07 Å². The van der Waals surface area contributed by atoms with Crippen molar-refractivity contribution >= 4 is 5.82 Å². The summed E-state index contributed by atoms with van der Waals surface area (Å²) in [5, 5.41) is 8.87. The summed E-state index contributed by atoms with van der Waals surface area (Å²) in [5.41, 5.74) is 0.696. The van der Waals surface area contributed by atoms with Crippen LogP contribution >= 0.6 is 0 Å². The van der Waals surface area contributed by atoms with Crippen LogP contribution in [0, 0.1) is 17.2 Å². The Morgan fingerprint density at radius 2 is 2.38 bits per heavy atom. The zero-order chi connectivity index (χ0) is 11.4. The van der Waals surface area contributed by atoms with Crippen molar-refractivity contribution in [2.45, 2.75) is 26.2 Å². The van der Waals surface area contributed by atoms with Crippen molar-refractivity contribution < 1.29 is 0 Å². The highest BCUT2D eigenvalue weighted by Crippen LogP contribution is 2.31. The number of rotatable bonds is 5. The Hall–Kier alpha value is -1.56. The second kappa shape index (κ2) is 4.98. The summed E-state index contributed by atoms with van der Waals surface area (Å²) < 4.78 is 0. The van der Waals surface area contributed by atoms with Crippen LogP contribution in [0.15, 0.2) is 18.3 Å². The lowest BCUT2D eigenvalue weighted by Crippen LogP contribution is -2.27. The quantitative estimate of drug-likeness (QED) is 0.758. The second-order valence-electron chi connectivity index (χ2n) is 4.40. The minimum absolute atomic E-state index is 0.696. The van der Waals surface area contributed by atoms with E-state index in [0.717, 1.165) is 31.2 Å². The smallest absolute Gasteiger partial charge is 0.129 e. The summed E-state index contributed by atoms with van der Waals surface area (Å²) in [6.07, 6.45) is 5.53. The molecule has 1 heterocycles. The van der Waals surface area contributed by atoms with Crippen LogP contribution in [-0.4, -0.2) is 18.1 Å². The van der Waals surface area contributed by atoms with Gasteiger partial charge in [-0.3, -0.25) is 0 Å². The fourth-order valence-electron chi connectivity index (χ4n) is 1.84. The maximum atomic E-state index is 8.87. The van der Waals surface area contributed by atoms with Crippen LogP contribution in [-0.2, 0) is 0 Å². The fourth-order valence-corrected chi connectivity index (χ4v) is 1.84. The number of anilines is 1. The first-order valence-electron chi connectivity index (χ1n) is 5.94. The molecule has 3 nitrogen and oxygen atoms in total. The van der Waals surface area contributed by atoms with Crippen molar-refractivity contribution in [3.8, 4) is 6.07 Å². The molecule has 0 saturated heterocycles. The Morgan fingerprint density at radius 3 is 3.00 bits per heavy atom. The molecule has 0 N–H and O–H groups in total. The summed E-state index contributed by atoms with van der Waals surface area (Å²) >= 11 is 0. The molecule has 0 unspecified atom stereocenters. The lowest BCUT2D eigenvalue weighted by molar-refractivity contribution is 0.699. The number of nitriles is 1. The number of hydrogen-bond acceptors (Lipinski definition) is 3. The van der Waals surface area contributed by atoms with Crippen LogP contribution in [0.3, 0.4) is 0 Å². The van der Waals surface area contributed by atoms with Gasteiger partial charge in [-0.2, -0.15) is 5.26 Å². The van der Waals surface area contributed by atoms with E-state index in [1.54, 1.807) is 12.3 Å². The van der Waals surface area contributed by atoms with Crippen molar-refractivity contribution in [2.75, 3.05) is 18.0 Å². The first kappa shape index (κ1) is 10.9. The number of aromatic nitrogens is 1. The Morgan fingerprint density at radius 1 is 1.56 bits per heavy atom. The Labute approximate surface area is 96.7 Å². The van der Waals surface area contributed by atoms with Crippen molar-refractivity contribution in [3.63, 3.8) is 0 Å². The van der Waals surface area contributed by atoms with Gasteiger partial charge in [-0.25, -0.2) is 4.98 Å². The van der Waals surface area contributed by atoms with Gasteiger partial charge in [0.1, 0.15) is 5.82 Å². The number of nitrogens with zero attached hydrogens (tertiary/aromatic N) is 3. The van der Waals surface area contributed by atoms with E-state index in [9.17, 15) is 0 Å². The van der Waals surface area contributed by atoms with Gasteiger partial charge in [-0.15, -0.1) is 0 Å². The first-order valence-corrected chi connectivity index (χ1v) is 5.94. The highest BCUT2D eigenvalue weighted by atomic mass is 15.2. The Kier molecular flexibility index (Phi) is 3.40. The van der Waals surface area contributed by atoms with E-state index in [-0.39, 0.29) is 0 Å². The highest BCUT2D eigenvalue weighted by Gasteiger charge is 2.24. The van der Waals surface area contributed by atoms with Crippen LogP contribution < -0.4 is 4.90 Å². The molecule has 1 aliphatic rings. The average molecular weight is 215 g/mol. The van der Waals surface area contributed by atoms with Crippen LogP contribution in [0.4, 0.5) is 5.82 Å². The normalized spacial score (nSPS) is 14.5. The minimum Gasteiger partial charge on any atom is -0.356 e. The van der Waals surface area contributed by atoms with Gasteiger partial charge in [-0.1, -0.05) is 6.92 Å². The van der Waals surface area contributed by atoms with Gasteiger partial charge >= 0.3 is 0 Å². The molecule has 1 fully saturated rings. The van der Waals surface area contributed by atoms with Gasteiger partial charge in [0.05, 0.1) is 11.6 Å². The van der Waals surface area contributed by atoms with E-state index < -0.39 is 0 Å². The van der Waals surface area contributed by atoms with Gasteiger partial charge in [0.15, 0.2) is 0 Å². The third-order valence-corrected chi connectivity index (χ3v) is 2.87. The third kappa shape index (κ3) is 2.73. The standard InChI is InChI=1S/C13H17N3/c1-2-7-16(10-11-3-4-11)13-8-12(9-14)5-6-15-13/h5-6,8,11H,2-4,7,10H2,1H3. The number of hydrogen-bond donors (Lipinski definition) is 0. The minimum atomic E-state index is 0.696. The zero-order valence-corrected chi connectivity index (χ0v) is 9.69. The molecule has 0 bridgehead atoms. The Balaban J connectivity index is 2.12. The molecule has 0 aromatic carbocycles. The topological polar surface area (TPSA) is 39.9 Å². The molecule has 16 heavy (non-hydrogen) atoms. The van der Waals surface area contributed by atoms with E-state index >= 15 is 0 Å². The third-order valence-electron chi connectivity index (χ3n) is 2.87. The molecule has 1 aliphatic carbocycles. The average Bonchev–Trinajstić information content (AvgIpc) is 3.12. The van der Waals surface area contributed by atoms with E-state index in [1.165, 1.54) is 12.8 Å². The van der Waals surface area contributed by atoms with Crippen LogP contribution in [0.25, 0.3) is 0 Å². The van der Waals surface area contributed by atoms with E-state index in [2.05, 4.69) is 22.9 Å². The summed E-state index contributed by atoms with van der Waals surface area (Å²) in [6, 6.07) is 5.81. The highest BCUT2D eigenvalue weighted by molar-refractivity contribution is 5.45. The predicted octanol–water partition coefficient (Wildman–Crippen LogP) is 2.58. The molecule has 1 aromatic rings. The molecule has 0 spiro atoms. The van der Waals surface area contributed by atoms with Gasteiger partial charge < -0.3 is 4.90 Å². The lowest BCUT2D eigenvalue weighted by Gasteiger charge is -2.23. The molecule has 84 valence electrons. The molecule has 2 rings (SSSR count). The summed E-state index contributed by atoms with van der Waals surface area (Å²) in [7, 11) is 0. The van der Waals surface area contributed by atoms with Gasteiger partial charge in [0, 0.05) is 19.3 Å². The van der Waals surface area contributed by atoms with Crippen LogP contribution in [0.1, 0.15) is 31.7 Å². The molecule has 0 aliphatic heterocycles. The van der Waals surface area contributed by atoms with Crippen molar-refractivity contribution in [2.24, 2.45) is 5.92 Å². The molecule has 0 radical (unpaired) electrons. The second-order valence-corrected chi connectivity index (χ2v) is 4.40.